The lowest BCUT2D eigenvalue weighted by Gasteiger charge is -2.12. The first-order valence-corrected chi connectivity index (χ1v) is 5.71. The summed E-state index contributed by atoms with van der Waals surface area (Å²) in [7, 11) is 0. The molecule has 0 radical (unpaired) electrons. The topological polar surface area (TPSA) is 37.3 Å². The third kappa shape index (κ3) is 2.76. The fourth-order valence-corrected chi connectivity index (χ4v) is 1.88. The summed E-state index contributed by atoms with van der Waals surface area (Å²) in [6, 6.07) is 2.76. The lowest BCUT2D eigenvalue weighted by atomic mass is 9.99. The molecule has 116 valence electrons. The predicted molar refractivity (Wildman–Crippen MR) is 63.7 cm³/mol. The van der Waals surface area contributed by atoms with Crippen LogP contribution in [-0.4, -0.2) is 11.1 Å². The first-order valence-electron chi connectivity index (χ1n) is 5.71. The Balaban J connectivity index is 2.68. The Labute approximate surface area is 119 Å². The Hall–Kier alpha value is -2.51. The predicted octanol–water partition coefficient (Wildman–Crippen LogP) is 4.49. The largest absolute Gasteiger partial charge is 0.478 e. The van der Waals surface area contributed by atoms with E-state index in [0.717, 1.165) is 12.1 Å². The van der Waals surface area contributed by atoms with Gasteiger partial charge in [-0.05, 0) is 18.2 Å². The zero-order valence-electron chi connectivity index (χ0n) is 10.5. The molecule has 0 amide bonds. The van der Waals surface area contributed by atoms with Crippen LogP contribution in [0.15, 0.2) is 30.3 Å². The number of alkyl halides is 3. The number of rotatable bonds is 2. The van der Waals surface area contributed by atoms with Crippen molar-refractivity contribution in [2.45, 2.75) is 6.18 Å². The zero-order chi connectivity index (χ0) is 16.7. The molecule has 0 saturated heterocycles. The minimum absolute atomic E-state index is 0.284. The van der Waals surface area contributed by atoms with Crippen molar-refractivity contribution in [2.75, 3.05) is 0 Å². The number of halogens is 6. The van der Waals surface area contributed by atoms with E-state index in [-0.39, 0.29) is 6.07 Å². The molecule has 2 nitrogen and oxygen atoms in total. The van der Waals surface area contributed by atoms with E-state index in [9.17, 15) is 31.1 Å². The summed E-state index contributed by atoms with van der Waals surface area (Å²) >= 11 is 0. The van der Waals surface area contributed by atoms with E-state index in [4.69, 9.17) is 5.11 Å². The highest BCUT2D eigenvalue weighted by molar-refractivity contribution is 5.88. The van der Waals surface area contributed by atoms with Crippen LogP contribution in [0.1, 0.15) is 15.9 Å². The van der Waals surface area contributed by atoms with Gasteiger partial charge in [-0.25, -0.2) is 18.0 Å². The highest BCUT2D eigenvalue weighted by Gasteiger charge is 2.35. The second-order valence-corrected chi connectivity index (χ2v) is 4.28. The molecular weight excluding hydrogens is 314 g/mol. The molecule has 0 saturated carbocycles. The van der Waals surface area contributed by atoms with Crippen LogP contribution in [0, 0.1) is 17.5 Å². The highest BCUT2D eigenvalue weighted by atomic mass is 19.4. The van der Waals surface area contributed by atoms with E-state index in [1.807, 2.05) is 0 Å². The molecule has 0 spiro atoms. The first-order chi connectivity index (χ1) is 10.1. The van der Waals surface area contributed by atoms with Crippen LogP contribution in [0.4, 0.5) is 26.3 Å². The summed E-state index contributed by atoms with van der Waals surface area (Å²) in [4.78, 5) is 10.6. The van der Waals surface area contributed by atoms with Gasteiger partial charge >= 0.3 is 12.1 Å². The standard InChI is InChI=1S/C14H6F6O2/c15-10-5-8(13(21)22)11(16)4-7(10)6-2-1-3-9(12(6)17)14(18,19)20/h1-5H,(H,21,22). The number of carboxylic acid groups (broad SMARTS) is 1. The first kappa shape index (κ1) is 15.9. The summed E-state index contributed by atoms with van der Waals surface area (Å²) in [6.07, 6.45) is -5.00. The van der Waals surface area contributed by atoms with Crippen molar-refractivity contribution in [1.29, 1.82) is 0 Å². The van der Waals surface area contributed by atoms with Crippen LogP contribution in [0.3, 0.4) is 0 Å². The van der Waals surface area contributed by atoms with Crippen LogP contribution in [0.5, 0.6) is 0 Å². The highest BCUT2D eigenvalue weighted by Crippen LogP contribution is 2.36. The summed E-state index contributed by atoms with van der Waals surface area (Å²) < 4.78 is 79.1. The molecule has 2 aromatic carbocycles. The Bertz CT molecular complexity index is 752. The van der Waals surface area contributed by atoms with Crippen molar-refractivity contribution >= 4 is 5.97 Å². The maximum atomic E-state index is 13.9. The summed E-state index contributed by atoms with van der Waals surface area (Å²) in [6.45, 7) is 0. The zero-order valence-corrected chi connectivity index (χ0v) is 10.5. The van der Waals surface area contributed by atoms with Crippen LogP contribution in [0.2, 0.25) is 0 Å². The molecule has 0 atom stereocenters. The molecule has 0 fully saturated rings. The fourth-order valence-electron chi connectivity index (χ4n) is 1.88. The van der Waals surface area contributed by atoms with Gasteiger partial charge in [-0.1, -0.05) is 12.1 Å². The normalized spacial score (nSPS) is 11.5. The maximum absolute atomic E-state index is 13.9. The average molecular weight is 320 g/mol. The Kier molecular flexibility index (Phi) is 3.87. The molecule has 1 N–H and O–H groups in total. The van der Waals surface area contributed by atoms with Crippen LogP contribution in [-0.2, 0) is 6.18 Å². The molecule has 0 unspecified atom stereocenters. The third-order valence-corrected chi connectivity index (χ3v) is 2.88. The quantitative estimate of drug-likeness (QED) is 0.828. The SMILES string of the molecule is O=C(O)c1cc(F)c(-c2cccc(C(F)(F)F)c2F)cc1F. The van der Waals surface area contributed by atoms with Crippen LogP contribution < -0.4 is 0 Å². The van der Waals surface area contributed by atoms with Crippen molar-refractivity contribution in [3.05, 3.63) is 58.9 Å². The van der Waals surface area contributed by atoms with Gasteiger partial charge in [-0.3, -0.25) is 0 Å². The number of aromatic carboxylic acids is 1. The molecule has 0 aliphatic heterocycles. The molecule has 0 heterocycles. The van der Waals surface area contributed by atoms with E-state index in [2.05, 4.69) is 0 Å². The third-order valence-electron chi connectivity index (χ3n) is 2.88. The van der Waals surface area contributed by atoms with Gasteiger partial charge in [0.25, 0.3) is 0 Å². The molecule has 2 rings (SSSR count). The van der Waals surface area contributed by atoms with Crippen molar-refractivity contribution in [3.63, 3.8) is 0 Å². The monoisotopic (exact) mass is 320 g/mol. The van der Waals surface area contributed by atoms with Crippen LogP contribution >= 0.6 is 0 Å². The lowest BCUT2D eigenvalue weighted by molar-refractivity contribution is -0.139. The molecule has 2 aromatic rings. The van der Waals surface area contributed by atoms with Crippen molar-refractivity contribution in [2.24, 2.45) is 0 Å². The number of carboxylic acids is 1. The summed E-state index contributed by atoms with van der Waals surface area (Å²) in [5, 5.41) is 8.63. The van der Waals surface area contributed by atoms with Gasteiger partial charge in [0.1, 0.15) is 17.5 Å². The van der Waals surface area contributed by atoms with Crippen molar-refractivity contribution in [1.82, 2.24) is 0 Å². The Morgan fingerprint density at radius 2 is 1.59 bits per heavy atom. The molecule has 22 heavy (non-hydrogen) atoms. The fraction of sp³-hybridized carbons (Fsp3) is 0.0714. The molecule has 0 aromatic heterocycles. The molecule has 0 aliphatic rings. The van der Waals surface area contributed by atoms with E-state index < -0.39 is 51.9 Å². The minimum atomic E-state index is -5.00. The van der Waals surface area contributed by atoms with Crippen molar-refractivity contribution in [3.8, 4) is 11.1 Å². The number of hydrogen-bond donors (Lipinski definition) is 1. The number of carbonyl (C=O) groups is 1. The second kappa shape index (κ2) is 5.36. The lowest BCUT2D eigenvalue weighted by Crippen LogP contribution is -2.09. The summed E-state index contributed by atoms with van der Waals surface area (Å²) in [5.74, 6) is -6.26. The Morgan fingerprint density at radius 3 is 2.14 bits per heavy atom. The van der Waals surface area contributed by atoms with E-state index in [1.165, 1.54) is 0 Å². The van der Waals surface area contributed by atoms with Gasteiger partial charge in [-0.2, -0.15) is 13.2 Å². The Morgan fingerprint density at radius 1 is 0.955 bits per heavy atom. The van der Waals surface area contributed by atoms with E-state index in [0.29, 0.717) is 12.1 Å². The second-order valence-electron chi connectivity index (χ2n) is 4.28. The molecule has 0 aliphatic carbocycles. The van der Waals surface area contributed by atoms with Gasteiger partial charge in [0.05, 0.1) is 11.1 Å². The average Bonchev–Trinajstić information content (AvgIpc) is 2.40. The smallest absolute Gasteiger partial charge is 0.419 e. The van der Waals surface area contributed by atoms with Gasteiger partial charge in [0.2, 0.25) is 0 Å². The number of benzene rings is 2. The minimum Gasteiger partial charge on any atom is -0.478 e. The molecule has 0 bridgehead atoms. The molecule has 8 heteroatoms. The number of hydrogen-bond acceptors (Lipinski definition) is 1. The molecular formula is C14H6F6O2. The van der Waals surface area contributed by atoms with Gasteiger partial charge in [0, 0.05) is 11.1 Å². The van der Waals surface area contributed by atoms with Crippen LogP contribution in [0.25, 0.3) is 11.1 Å². The van der Waals surface area contributed by atoms with Gasteiger partial charge < -0.3 is 5.11 Å². The van der Waals surface area contributed by atoms with Gasteiger partial charge in [-0.15, -0.1) is 0 Å². The van der Waals surface area contributed by atoms with E-state index >= 15 is 0 Å². The van der Waals surface area contributed by atoms with Crippen molar-refractivity contribution < 1.29 is 36.2 Å². The van der Waals surface area contributed by atoms with E-state index in [1.54, 1.807) is 0 Å². The maximum Gasteiger partial charge on any atom is 0.419 e. The summed E-state index contributed by atoms with van der Waals surface area (Å²) in [5.41, 5.74) is -4.25. The van der Waals surface area contributed by atoms with Gasteiger partial charge in [0.15, 0.2) is 0 Å².